The van der Waals surface area contributed by atoms with Crippen LogP contribution in [0.5, 0.6) is 17.2 Å². The van der Waals surface area contributed by atoms with Crippen molar-refractivity contribution in [2.75, 3.05) is 26.8 Å². The maximum absolute atomic E-state index is 6.27. The molecule has 0 saturated carbocycles. The normalized spacial score (nSPS) is 24.9. The molecule has 0 aromatic heterocycles. The molecule has 0 amide bonds. The summed E-state index contributed by atoms with van der Waals surface area (Å²) in [7, 11) is 1.70. The first-order chi connectivity index (χ1) is 13.7. The van der Waals surface area contributed by atoms with Gasteiger partial charge in [0.2, 0.25) is 0 Å². The summed E-state index contributed by atoms with van der Waals surface area (Å²) >= 11 is 0. The number of methoxy groups -OCH3 is 1. The Morgan fingerprint density at radius 1 is 1.04 bits per heavy atom. The minimum absolute atomic E-state index is 0.256. The summed E-state index contributed by atoms with van der Waals surface area (Å²) in [6, 6.07) is 17.0. The summed E-state index contributed by atoms with van der Waals surface area (Å²) in [6.07, 6.45) is 4.70. The van der Waals surface area contributed by atoms with Crippen molar-refractivity contribution in [2.45, 2.75) is 50.7 Å². The Morgan fingerprint density at radius 3 is 2.64 bits per heavy atom. The van der Waals surface area contributed by atoms with Crippen LogP contribution < -0.4 is 14.2 Å². The van der Waals surface area contributed by atoms with Crippen LogP contribution in [-0.4, -0.2) is 43.9 Å². The lowest BCUT2D eigenvalue weighted by atomic mass is 9.89. The zero-order valence-electron chi connectivity index (χ0n) is 17.0. The van der Waals surface area contributed by atoms with E-state index >= 15 is 0 Å². The Hall–Kier alpha value is -2.20. The van der Waals surface area contributed by atoms with E-state index in [1.807, 2.05) is 24.3 Å². The molecule has 1 unspecified atom stereocenters. The van der Waals surface area contributed by atoms with Crippen LogP contribution in [0.25, 0.3) is 0 Å². The molecule has 2 aromatic rings. The van der Waals surface area contributed by atoms with Gasteiger partial charge in [-0.3, -0.25) is 0 Å². The van der Waals surface area contributed by atoms with Crippen molar-refractivity contribution in [3.63, 3.8) is 0 Å². The monoisotopic (exact) mass is 381 g/mol. The van der Waals surface area contributed by atoms with Crippen LogP contribution in [0.3, 0.4) is 0 Å². The second-order valence-electron chi connectivity index (χ2n) is 7.96. The summed E-state index contributed by atoms with van der Waals surface area (Å²) in [5.41, 5.74) is 1.38. The number of fused-ring (bicyclic) bond motifs is 1. The van der Waals surface area contributed by atoms with Gasteiger partial charge in [-0.15, -0.1) is 0 Å². The fourth-order valence-electron chi connectivity index (χ4n) is 4.55. The smallest absolute Gasteiger partial charge is 0.161 e. The van der Waals surface area contributed by atoms with Crippen LogP contribution in [0, 0.1) is 0 Å². The quantitative estimate of drug-likeness (QED) is 0.713. The highest BCUT2D eigenvalue weighted by Gasteiger charge is 2.28. The highest BCUT2D eigenvalue weighted by atomic mass is 16.5. The predicted molar refractivity (Wildman–Crippen MR) is 112 cm³/mol. The fraction of sp³-hybridized carbons (Fsp3) is 0.500. The Balaban J connectivity index is 1.30. The molecule has 0 N–H and O–H groups in total. The molecule has 3 atom stereocenters. The van der Waals surface area contributed by atoms with Crippen LogP contribution in [0.2, 0.25) is 0 Å². The third kappa shape index (κ3) is 4.27. The third-order valence-corrected chi connectivity index (χ3v) is 6.18. The Morgan fingerprint density at radius 2 is 1.82 bits per heavy atom. The second kappa shape index (κ2) is 8.87. The summed E-state index contributed by atoms with van der Waals surface area (Å²) in [5, 5.41) is 0. The molecule has 0 aliphatic carbocycles. The molecule has 28 heavy (non-hydrogen) atoms. The predicted octanol–water partition coefficient (Wildman–Crippen LogP) is 4.88. The van der Waals surface area contributed by atoms with Crippen LogP contribution in [-0.2, 0) is 0 Å². The van der Waals surface area contributed by atoms with Gasteiger partial charge >= 0.3 is 0 Å². The molecular weight excluding hydrogens is 350 g/mol. The lowest BCUT2D eigenvalue weighted by Crippen LogP contribution is -2.45. The first kappa shape index (κ1) is 19.1. The van der Waals surface area contributed by atoms with Crippen LogP contribution in [0.15, 0.2) is 48.5 Å². The van der Waals surface area contributed by atoms with Gasteiger partial charge in [0.15, 0.2) is 11.5 Å². The van der Waals surface area contributed by atoms with Crippen LogP contribution in [0.1, 0.15) is 44.1 Å². The molecule has 4 rings (SSSR count). The zero-order valence-corrected chi connectivity index (χ0v) is 17.0. The average molecular weight is 382 g/mol. The highest BCUT2D eigenvalue weighted by Crippen LogP contribution is 2.36. The molecule has 0 bridgehead atoms. The Kier molecular flexibility index (Phi) is 6.06. The van der Waals surface area contributed by atoms with Crippen LogP contribution >= 0.6 is 0 Å². The molecule has 150 valence electrons. The number of ether oxygens (including phenoxy) is 3. The van der Waals surface area contributed by atoms with Crippen molar-refractivity contribution in [1.82, 2.24) is 4.90 Å². The topological polar surface area (TPSA) is 30.9 Å². The van der Waals surface area contributed by atoms with Crippen molar-refractivity contribution in [2.24, 2.45) is 0 Å². The van der Waals surface area contributed by atoms with Gasteiger partial charge in [-0.25, -0.2) is 0 Å². The third-order valence-electron chi connectivity index (χ3n) is 6.18. The number of piperidine rings is 1. The molecule has 1 fully saturated rings. The van der Waals surface area contributed by atoms with Gasteiger partial charge in [0.05, 0.1) is 13.7 Å². The van der Waals surface area contributed by atoms with Gasteiger partial charge in [-0.1, -0.05) is 30.3 Å². The van der Waals surface area contributed by atoms with Gasteiger partial charge in [-0.2, -0.15) is 0 Å². The molecule has 4 heteroatoms. The number of benzene rings is 2. The number of hydrogen-bond donors (Lipinski definition) is 0. The second-order valence-corrected chi connectivity index (χ2v) is 7.96. The van der Waals surface area contributed by atoms with E-state index in [-0.39, 0.29) is 6.10 Å². The molecule has 0 radical (unpaired) electrons. The van der Waals surface area contributed by atoms with E-state index in [4.69, 9.17) is 14.2 Å². The van der Waals surface area contributed by atoms with E-state index in [0.29, 0.717) is 12.0 Å². The standard InChI is InChI=1S/C24H31NO3/c1-18-17-20(28-24-10-6-5-9-23(24)26-2)12-15-25(18)14-11-19-13-16-27-22-8-4-3-7-21(19)22/h3-10,18-20H,11-17H2,1-2H3/t18-,19?,20-/m0/s1. The van der Waals surface area contributed by atoms with E-state index in [1.165, 1.54) is 12.0 Å². The number of para-hydroxylation sites is 3. The maximum Gasteiger partial charge on any atom is 0.161 e. The molecule has 2 aliphatic rings. The van der Waals surface area contributed by atoms with Gasteiger partial charge in [0, 0.05) is 12.6 Å². The van der Waals surface area contributed by atoms with E-state index < -0.39 is 0 Å². The van der Waals surface area contributed by atoms with E-state index in [0.717, 1.165) is 56.2 Å². The molecule has 4 nitrogen and oxygen atoms in total. The van der Waals surface area contributed by atoms with Crippen molar-refractivity contribution >= 4 is 0 Å². The molecule has 0 spiro atoms. The summed E-state index contributed by atoms with van der Waals surface area (Å²) < 4.78 is 17.5. The zero-order chi connectivity index (χ0) is 19.3. The van der Waals surface area contributed by atoms with Crippen LogP contribution in [0.4, 0.5) is 0 Å². The first-order valence-electron chi connectivity index (χ1n) is 10.5. The molecule has 2 heterocycles. The summed E-state index contributed by atoms with van der Waals surface area (Å²) in [6.45, 7) is 5.40. The number of likely N-dealkylation sites (tertiary alicyclic amines) is 1. The number of hydrogen-bond acceptors (Lipinski definition) is 4. The van der Waals surface area contributed by atoms with Gasteiger partial charge in [-0.05, 0) is 68.8 Å². The van der Waals surface area contributed by atoms with Gasteiger partial charge in [0.1, 0.15) is 11.9 Å². The van der Waals surface area contributed by atoms with Crippen molar-refractivity contribution in [3.05, 3.63) is 54.1 Å². The van der Waals surface area contributed by atoms with Gasteiger partial charge < -0.3 is 19.1 Å². The largest absolute Gasteiger partial charge is 0.493 e. The van der Waals surface area contributed by atoms with E-state index in [1.54, 1.807) is 7.11 Å². The lowest BCUT2D eigenvalue weighted by molar-refractivity contribution is 0.0589. The van der Waals surface area contributed by atoms with Crippen molar-refractivity contribution in [3.8, 4) is 17.2 Å². The first-order valence-corrected chi connectivity index (χ1v) is 10.5. The summed E-state index contributed by atoms with van der Waals surface area (Å²) in [5.74, 6) is 3.36. The lowest BCUT2D eigenvalue weighted by Gasteiger charge is -2.38. The SMILES string of the molecule is COc1ccccc1O[C@H]1CCN(CCC2CCOc3ccccc32)[C@@H](C)C1. The highest BCUT2D eigenvalue weighted by molar-refractivity contribution is 5.39. The summed E-state index contributed by atoms with van der Waals surface area (Å²) in [4.78, 5) is 2.63. The molecule has 2 aromatic carbocycles. The maximum atomic E-state index is 6.27. The average Bonchev–Trinajstić information content (AvgIpc) is 2.73. The van der Waals surface area contributed by atoms with Crippen molar-refractivity contribution < 1.29 is 14.2 Å². The van der Waals surface area contributed by atoms with E-state index in [9.17, 15) is 0 Å². The number of nitrogens with zero attached hydrogens (tertiary/aromatic N) is 1. The molecule has 1 saturated heterocycles. The molecule has 2 aliphatic heterocycles. The minimum atomic E-state index is 0.256. The van der Waals surface area contributed by atoms with Gasteiger partial charge in [0.25, 0.3) is 0 Å². The fourth-order valence-corrected chi connectivity index (χ4v) is 4.55. The Bertz CT molecular complexity index is 778. The Labute approximate surface area is 168 Å². The van der Waals surface area contributed by atoms with Crippen molar-refractivity contribution in [1.29, 1.82) is 0 Å². The number of rotatable bonds is 6. The van der Waals surface area contributed by atoms with E-state index in [2.05, 4.69) is 36.1 Å². The minimum Gasteiger partial charge on any atom is -0.493 e. The molecular formula is C24H31NO3.